The van der Waals surface area contributed by atoms with E-state index in [1.54, 1.807) is 24.0 Å². The number of anilines is 1. The number of likely N-dealkylation sites (N-methyl/N-ethyl adjacent to an activating group) is 1. The van der Waals surface area contributed by atoms with Crippen LogP contribution in [0.1, 0.15) is 31.0 Å². The molecule has 6 rings (SSSR count). The fourth-order valence-corrected chi connectivity index (χ4v) is 6.65. The van der Waals surface area contributed by atoms with Crippen LogP contribution in [0.15, 0.2) is 103 Å². The van der Waals surface area contributed by atoms with Crippen LogP contribution in [0.3, 0.4) is 0 Å². The van der Waals surface area contributed by atoms with E-state index in [1.165, 1.54) is 11.8 Å². The fraction of sp³-hybridized carbons (Fsp3) is 0.278. The molecule has 4 aromatic rings. The molecule has 8 heteroatoms. The first kappa shape index (κ1) is 31.2. The summed E-state index contributed by atoms with van der Waals surface area (Å²) >= 11 is 1.27. The number of β-lactam (4-membered cyclic amide) rings is 1. The maximum Gasteiger partial charge on any atom is 0.262 e. The maximum atomic E-state index is 13.8. The van der Waals surface area contributed by atoms with Crippen LogP contribution in [-0.4, -0.2) is 54.7 Å². The van der Waals surface area contributed by atoms with E-state index >= 15 is 0 Å². The van der Waals surface area contributed by atoms with Crippen molar-refractivity contribution < 1.29 is 23.8 Å². The minimum atomic E-state index is -0.741. The van der Waals surface area contributed by atoms with Crippen LogP contribution < -0.4 is 14.4 Å². The molecule has 7 nitrogen and oxygen atoms in total. The third kappa shape index (κ3) is 6.61. The number of amides is 2. The van der Waals surface area contributed by atoms with E-state index in [-0.39, 0.29) is 17.9 Å². The zero-order chi connectivity index (χ0) is 31.1. The van der Waals surface area contributed by atoms with E-state index in [0.717, 1.165) is 27.9 Å². The summed E-state index contributed by atoms with van der Waals surface area (Å²) in [4.78, 5) is 30.2. The van der Waals surface area contributed by atoms with Crippen LogP contribution in [-0.2, 0) is 20.9 Å². The number of thioether (sulfide) groups is 1. The molecule has 0 bridgehead atoms. The first-order valence-electron chi connectivity index (χ1n) is 14.9. The van der Waals surface area contributed by atoms with Crippen LogP contribution in [0, 0.1) is 0 Å². The fourth-order valence-electron chi connectivity index (χ4n) is 5.27. The third-order valence-corrected chi connectivity index (χ3v) is 8.96. The van der Waals surface area contributed by atoms with Crippen LogP contribution >= 0.6 is 11.8 Å². The number of rotatable bonds is 9. The topological polar surface area (TPSA) is 68.3 Å². The van der Waals surface area contributed by atoms with Gasteiger partial charge in [-0.15, -0.1) is 11.8 Å². The molecule has 0 saturated carbocycles. The summed E-state index contributed by atoms with van der Waals surface area (Å²) in [6, 6.07) is 33.3. The van der Waals surface area contributed by atoms with Crippen molar-refractivity contribution in [3.8, 4) is 22.6 Å². The lowest BCUT2D eigenvalue weighted by molar-refractivity contribution is -0.143. The summed E-state index contributed by atoms with van der Waals surface area (Å²) in [5.41, 5.74) is 4.07. The Morgan fingerprint density at radius 2 is 1.50 bits per heavy atom. The van der Waals surface area contributed by atoms with Crippen molar-refractivity contribution in [1.29, 1.82) is 0 Å². The Labute approximate surface area is 263 Å². The molecule has 0 spiro atoms. The molecule has 2 heterocycles. The number of benzene rings is 4. The molecule has 3 unspecified atom stereocenters. The summed E-state index contributed by atoms with van der Waals surface area (Å²) in [5, 5.41) is -0.535. The Hall–Kier alpha value is -4.27. The lowest BCUT2D eigenvalue weighted by Crippen LogP contribution is -2.59. The SMILES string of the molecule is CC.COc1ccc(C2C(SC3OCCN(C)C3=O)C(=O)N2c2ccc(-c3ccccc3)cc2)c(OCc2ccccc2)c1. The zero-order valence-electron chi connectivity index (χ0n) is 25.5. The monoisotopic (exact) mass is 610 g/mol. The van der Waals surface area contributed by atoms with Gasteiger partial charge in [0.2, 0.25) is 5.91 Å². The Morgan fingerprint density at radius 3 is 2.18 bits per heavy atom. The van der Waals surface area contributed by atoms with Gasteiger partial charge in [-0.05, 0) is 41.0 Å². The Kier molecular flexibility index (Phi) is 10.2. The van der Waals surface area contributed by atoms with Crippen molar-refractivity contribution in [3.63, 3.8) is 0 Å². The molecule has 4 aromatic carbocycles. The molecule has 228 valence electrons. The van der Waals surface area contributed by atoms with E-state index in [9.17, 15) is 9.59 Å². The number of carbonyl (C=O) groups excluding carboxylic acids is 2. The van der Waals surface area contributed by atoms with Gasteiger partial charge in [0.1, 0.15) is 23.4 Å². The average Bonchev–Trinajstić information content (AvgIpc) is 3.08. The second kappa shape index (κ2) is 14.5. The number of methoxy groups -OCH3 is 1. The standard InChI is InChI=1S/C34H32N2O5S.C2H6/c1-35-19-20-40-34(33(35)38)42-31-30(28-18-17-27(39-2)21-29(28)41-22-23-9-5-3-6-10-23)36(32(31)37)26-15-13-25(14-16-26)24-11-7-4-8-12-24;1-2/h3-18,21,30-31,34H,19-20,22H2,1-2H3;1-2H3. The highest BCUT2D eigenvalue weighted by Crippen LogP contribution is 2.50. The number of ether oxygens (including phenoxy) is 3. The quantitative estimate of drug-likeness (QED) is 0.191. The Bertz CT molecular complexity index is 1550. The van der Waals surface area contributed by atoms with Crippen LogP contribution in [0.25, 0.3) is 11.1 Å². The molecule has 2 aliphatic rings. The molecule has 3 atom stereocenters. The van der Waals surface area contributed by atoms with E-state index in [0.29, 0.717) is 31.3 Å². The third-order valence-electron chi connectivity index (χ3n) is 7.62. The number of carbonyl (C=O) groups is 2. The van der Waals surface area contributed by atoms with Crippen LogP contribution in [0.5, 0.6) is 11.5 Å². The van der Waals surface area contributed by atoms with Crippen molar-refractivity contribution in [3.05, 3.63) is 114 Å². The highest BCUT2D eigenvalue weighted by atomic mass is 32.2. The predicted octanol–water partition coefficient (Wildman–Crippen LogP) is 6.97. The number of morpholine rings is 1. The molecule has 2 saturated heterocycles. The largest absolute Gasteiger partial charge is 0.497 e. The summed E-state index contributed by atoms with van der Waals surface area (Å²) in [6.07, 6.45) is 0. The molecule has 44 heavy (non-hydrogen) atoms. The molecule has 2 aliphatic heterocycles. The van der Waals surface area contributed by atoms with Gasteiger partial charge >= 0.3 is 0 Å². The zero-order valence-corrected chi connectivity index (χ0v) is 26.3. The van der Waals surface area contributed by atoms with Gasteiger partial charge < -0.3 is 24.0 Å². The van der Waals surface area contributed by atoms with E-state index in [1.807, 2.05) is 105 Å². The van der Waals surface area contributed by atoms with Gasteiger partial charge in [-0.2, -0.15) is 0 Å². The normalized spacial score (nSPS) is 19.5. The van der Waals surface area contributed by atoms with E-state index in [2.05, 4.69) is 12.1 Å². The summed E-state index contributed by atoms with van der Waals surface area (Å²) in [5.74, 6) is 1.08. The molecule has 2 fully saturated rings. The Morgan fingerprint density at radius 1 is 0.841 bits per heavy atom. The van der Waals surface area contributed by atoms with Crippen molar-refractivity contribution in [2.24, 2.45) is 0 Å². The highest BCUT2D eigenvalue weighted by Gasteiger charge is 2.52. The minimum absolute atomic E-state index is 0.0769. The second-order valence-corrected chi connectivity index (χ2v) is 11.5. The van der Waals surface area contributed by atoms with Gasteiger partial charge in [0.05, 0.1) is 19.8 Å². The number of hydrogen-bond acceptors (Lipinski definition) is 6. The predicted molar refractivity (Wildman–Crippen MR) is 176 cm³/mol. The van der Waals surface area contributed by atoms with Crippen LogP contribution in [0.4, 0.5) is 5.69 Å². The van der Waals surface area contributed by atoms with Crippen molar-refractivity contribution in [2.45, 2.75) is 37.2 Å². The summed E-state index contributed by atoms with van der Waals surface area (Å²) in [6.45, 7) is 5.33. The first-order chi connectivity index (χ1) is 21.5. The van der Waals surface area contributed by atoms with Gasteiger partial charge in [0.15, 0.2) is 5.44 Å². The van der Waals surface area contributed by atoms with Gasteiger partial charge in [-0.1, -0.05) is 86.6 Å². The molecule has 0 radical (unpaired) electrons. The van der Waals surface area contributed by atoms with E-state index in [4.69, 9.17) is 14.2 Å². The van der Waals surface area contributed by atoms with Gasteiger partial charge in [-0.3, -0.25) is 9.59 Å². The van der Waals surface area contributed by atoms with Crippen LogP contribution in [0.2, 0.25) is 0 Å². The smallest absolute Gasteiger partial charge is 0.262 e. The lowest BCUT2D eigenvalue weighted by Gasteiger charge is -2.48. The molecular formula is C36H38N2O5S. The molecule has 2 amide bonds. The number of hydrogen-bond donors (Lipinski definition) is 0. The highest BCUT2D eigenvalue weighted by molar-refractivity contribution is 8.01. The number of nitrogens with zero attached hydrogens (tertiary/aromatic N) is 2. The molecule has 0 N–H and O–H groups in total. The van der Waals surface area contributed by atoms with Gasteiger partial charge in [-0.25, -0.2) is 0 Å². The van der Waals surface area contributed by atoms with Crippen molar-refractivity contribution in [1.82, 2.24) is 4.90 Å². The molecule has 0 aromatic heterocycles. The average molecular weight is 611 g/mol. The second-order valence-electron chi connectivity index (χ2n) is 10.3. The first-order valence-corrected chi connectivity index (χ1v) is 15.8. The summed E-state index contributed by atoms with van der Waals surface area (Å²) in [7, 11) is 3.38. The van der Waals surface area contributed by atoms with Crippen molar-refractivity contribution in [2.75, 3.05) is 32.2 Å². The maximum absolute atomic E-state index is 13.8. The molecule has 0 aliphatic carbocycles. The Balaban J connectivity index is 0.00000188. The van der Waals surface area contributed by atoms with Gasteiger partial charge in [0.25, 0.3) is 5.91 Å². The van der Waals surface area contributed by atoms with Crippen molar-refractivity contribution >= 4 is 29.3 Å². The lowest BCUT2D eigenvalue weighted by atomic mass is 9.91. The van der Waals surface area contributed by atoms with E-state index < -0.39 is 10.7 Å². The minimum Gasteiger partial charge on any atom is -0.497 e. The summed E-state index contributed by atoms with van der Waals surface area (Å²) < 4.78 is 17.7. The van der Waals surface area contributed by atoms with Gasteiger partial charge in [0, 0.05) is 30.9 Å². The molecular weight excluding hydrogens is 572 g/mol.